The van der Waals surface area contributed by atoms with Gasteiger partial charge in [-0.15, -0.1) is 0 Å². The first-order chi connectivity index (χ1) is 21.8. The van der Waals surface area contributed by atoms with E-state index in [9.17, 15) is 21.6 Å². The quantitative estimate of drug-likeness (QED) is 0.0793. The van der Waals surface area contributed by atoms with Gasteiger partial charge in [0.2, 0.25) is 15.0 Å². The third kappa shape index (κ3) is 29.0. The number of hydrogen-bond donors (Lipinski definition) is 5. The van der Waals surface area contributed by atoms with Gasteiger partial charge in [0.1, 0.15) is 6.10 Å². The Labute approximate surface area is 301 Å². The van der Waals surface area contributed by atoms with E-state index in [0.29, 0.717) is 36.3 Å². The van der Waals surface area contributed by atoms with E-state index in [0.717, 1.165) is 64.9 Å². The van der Waals surface area contributed by atoms with Gasteiger partial charge in [0, 0.05) is 100 Å². The van der Waals surface area contributed by atoms with Gasteiger partial charge in [0.15, 0.2) is 6.11 Å². The highest BCUT2D eigenvalue weighted by Gasteiger charge is 2.32. The number of amides is 1. The zero-order valence-electron chi connectivity index (χ0n) is 31.4. The highest BCUT2D eigenvalue weighted by Crippen LogP contribution is 2.16. The van der Waals surface area contributed by atoms with Gasteiger partial charge in [-0.3, -0.25) is 33.5 Å². The molecule has 0 spiro atoms. The molecule has 0 aliphatic carbocycles. The molecule has 4 saturated heterocycles. The molecule has 0 aromatic heterocycles. The lowest BCUT2D eigenvalue weighted by atomic mass is 10.1. The van der Waals surface area contributed by atoms with Gasteiger partial charge in [-0.2, -0.15) is 13.7 Å². The van der Waals surface area contributed by atoms with Crippen molar-refractivity contribution < 1.29 is 41.1 Å². The number of aliphatic hydroxyl groups excluding tert-OH is 1. The highest BCUT2D eigenvalue weighted by molar-refractivity contribution is 8.13. The topological polar surface area (TPSA) is 230 Å². The third-order valence-corrected chi connectivity index (χ3v) is 7.93. The van der Waals surface area contributed by atoms with E-state index < -0.39 is 19.2 Å². The first kappa shape index (κ1) is 52.0. The Morgan fingerprint density at radius 2 is 1.12 bits per heavy atom. The lowest BCUT2D eigenvalue weighted by Gasteiger charge is -2.42. The Bertz CT molecular complexity index is 1100. The summed E-state index contributed by atoms with van der Waals surface area (Å²) in [5.41, 5.74) is 5.56. The fourth-order valence-corrected chi connectivity index (χ4v) is 5.01. The summed E-state index contributed by atoms with van der Waals surface area (Å²) in [4.78, 5) is 22.8. The summed E-state index contributed by atoms with van der Waals surface area (Å²) in [6.45, 7) is 26.2. The largest absolute Gasteiger partial charge is 0.390 e. The zero-order valence-corrected chi connectivity index (χ0v) is 33.8. The van der Waals surface area contributed by atoms with Crippen molar-refractivity contribution in [3.63, 3.8) is 0 Å². The van der Waals surface area contributed by atoms with Crippen LogP contribution < -0.4 is 17.2 Å². The van der Waals surface area contributed by atoms with E-state index in [4.69, 9.17) is 20.3 Å². The van der Waals surface area contributed by atoms with Crippen molar-refractivity contribution in [1.29, 1.82) is 0 Å². The zero-order chi connectivity index (χ0) is 38.0. The van der Waals surface area contributed by atoms with E-state index in [1.54, 1.807) is 6.92 Å². The second-order valence-electron chi connectivity index (χ2n) is 13.3. The normalized spacial score (nSPS) is 19.1. The first-order valence-corrected chi connectivity index (χ1v) is 20.5. The molecule has 0 saturated carbocycles. The van der Waals surface area contributed by atoms with Crippen LogP contribution in [0.4, 0.5) is 0 Å². The van der Waals surface area contributed by atoms with Gasteiger partial charge in [0.05, 0.1) is 24.7 Å². The van der Waals surface area contributed by atoms with E-state index in [-0.39, 0.29) is 24.3 Å². The number of nitrogens with zero attached hydrogens (tertiary/aromatic N) is 4. The maximum atomic E-state index is 10.7. The Morgan fingerprint density at radius 1 is 0.816 bits per heavy atom. The summed E-state index contributed by atoms with van der Waals surface area (Å²) in [6, 6.07) is 3.24. The minimum absolute atomic E-state index is 0. The fourth-order valence-electron chi connectivity index (χ4n) is 4.39. The lowest BCUT2D eigenvalue weighted by Crippen LogP contribution is -2.60. The van der Waals surface area contributed by atoms with E-state index in [1.165, 1.54) is 6.11 Å². The molecule has 0 bridgehead atoms. The average molecular weight is 768 g/mol. The molecule has 49 heavy (non-hydrogen) atoms. The van der Waals surface area contributed by atoms with Crippen LogP contribution in [0, 0.1) is 12.5 Å². The highest BCUT2D eigenvalue weighted by atomic mass is 35.7. The molecule has 19 heteroatoms. The number of rotatable bonds is 7. The van der Waals surface area contributed by atoms with Crippen LogP contribution >= 0.6 is 10.7 Å². The minimum atomic E-state index is -3.26. The van der Waals surface area contributed by atoms with Gasteiger partial charge in [-0.05, 0) is 55.4 Å². The summed E-state index contributed by atoms with van der Waals surface area (Å²) in [5.74, 6) is 0.0819. The van der Waals surface area contributed by atoms with E-state index >= 15 is 0 Å². The number of carbonyl (C=O) groups is 1. The molecule has 4 fully saturated rings. The molecule has 0 aromatic carbocycles. The van der Waals surface area contributed by atoms with Crippen LogP contribution in [-0.2, 0) is 33.0 Å². The SMILES string of the molecule is C#COO.CC(=O)NC1CN(C(C)C)C1.CC(C)N1CC(N)C1.CC(C)N1CC(O)C1.CC(C)N1CC(OS(C)(=O)=O)C1.CS(=O)(=O)Cl.N. The van der Waals surface area contributed by atoms with Crippen LogP contribution in [0.2, 0.25) is 0 Å². The summed E-state index contributed by atoms with van der Waals surface area (Å²) >= 11 is 0. The molecule has 16 nitrogen and oxygen atoms in total. The van der Waals surface area contributed by atoms with Crippen LogP contribution in [0.5, 0.6) is 0 Å². The van der Waals surface area contributed by atoms with E-state index in [1.807, 2.05) is 0 Å². The first-order valence-electron chi connectivity index (χ1n) is 16.0. The second kappa shape index (κ2) is 25.6. The molecule has 4 aliphatic heterocycles. The average Bonchev–Trinajstić information content (AvgIpc) is 2.83. The minimum Gasteiger partial charge on any atom is -0.390 e. The van der Waals surface area contributed by atoms with Gasteiger partial charge in [-0.1, -0.05) is 6.42 Å². The molecule has 294 valence electrons. The van der Waals surface area contributed by atoms with Gasteiger partial charge in [-0.25, -0.2) is 8.42 Å². The Hall–Kier alpha value is -1.34. The standard InChI is InChI=1S/C8H16N2O.C7H15NO3S.C6H14N2.C6H13NO.C2H2O2.CH3ClO2S.H3N/c1-6(2)10-4-8(5-10)9-7(3)11;1-6(2)8-4-7(5-8)11-12(3,9)10;1-5(2)8-3-6(7)4-8;1-5(2)7-3-6(8)4-7;1-2-4-3;1-5(2,3)4;/h6,8H,4-5H2,1-3H3,(H,9,11);6-7H,4-5H2,1-3H3;5-6H,3-4,7H2,1-2H3;5-6,8H,3-4H2,1-2H3;1,3H;1H3;1H3. The van der Waals surface area contributed by atoms with Crippen LogP contribution in [0.1, 0.15) is 62.3 Å². The van der Waals surface area contributed by atoms with Crippen molar-refractivity contribution in [3.8, 4) is 12.5 Å². The van der Waals surface area contributed by atoms with Crippen molar-refractivity contribution in [3.05, 3.63) is 0 Å². The summed E-state index contributed by atoms with van der Waals surface area (Å²) in [6.07, 6.45) is 7.64. The Balaban J connectivity index is -0.000000534. The predicted octanol–water partition coefficient (Wildman–Crippen LogP) is 0.793. The van der Waals surface area contributed by atoms with Gasteiger partial charge >= 0.3 is 0 Å². The number of halogens is 1. The summed E-state index contributed by atoms with van der Waals surface area (Å²) < 4.78 is 44.9. The smallest absolute Gasteiger partial charge is 0.264 e. The number of hydrogen-bond acceptors (Lipinski definition) is 15. The summed E-state index contributed by atoms with van der Waals surface area (Å²) in [5, 5.41) is 18.8. The van der Waals surface area contributed by atoms with E-state index in [2.05, 4.69) is 102 Å². The number of aliphatic hydroxyl groups is 1. The van der Waals surface area contributed by atoms with Crippen molar-refractivity contribution in [1.82, 2.24) is 31.1 Å². The predicted molar refractivity (Wildman–Crippen MR) is 196 cm³/mol. The second-order valence-corrected chi connectivity index (χ2v) is 18.0. The third-order valence-electron chi connectivity index (χ3n) is 7.31. The number of likely N-dealkylation sites (tertiary alicyclic amines) is 4. The van der Waals surface area contributed by atoms with Crippen LogP contribution in [0.25, 0.3) is 0 Å². The van der Waals surface area contributed by atoms with Crippen LogP contribution in [0.3, 0.4) is 0 Å². The molecule has 0 aromatic rings. The maximum Gasteiger partial charge on any atom is 0.264 e. The molecule has 4 aliphatic rings. The molecular formula is C30H66ClN7O9S2. The number of β-amino-alcohol motifs (C(OH)–C–C–N with tert-alkyl or cyclic N) is 1. The molecule has 0 atom stereocenters. The van der Waals surface area contributed by atoms with Crippen molar-refractivity contribution in [2.75, 3.05) is 64.9 Å². The number of nitrogens with one attached hydrogen (secondary N) is 1. The Morgan fingerprint density at radius 3 is 1.33 bits per heavy atom. The van der Waals surface area contributed by atoms with Gasteiger partial charge < -0.3 is 22.3 Å². The maximum absolute atomic E-state index is 10.7. The molecule has 4 rings (SSSR count). The lowest BCUT2D eigenvalue weighted by molar-refractivity contribution is -0.171. The molecule has 8 N–H and O–H groups in total. The molecular weight excluding hydrogens is 702 g/mol. The number of terminal acetylenes is 1. The summed E-state index contributed by atoms with van der Waals surface area (Å²) in [7, 11) is -1.95. The number of carbonyl (C=O) groups excluding carboxylic acids is 1. The molecule has 4 heterocycles. The van der Waals surface area contributed by atoms with Crippen molar-refractivity contribution in [2.24, 2.45) is 5.73 Å². The van der Waals surface area contributed by atoms with Gasteiger partial charge in [0.25, 0.3) is 10.1 Å². The molecule has 0 unspecified atom stereocenters. The Kier molecular flexibility index (Phi) is 27.2. The fraction of sp³-hybridized carbons (Fsp3) is 0.900. The number of nitrogens with two attached hydrogens (primary N) is 1. The van der Waals surface area contributed by atoms with Crippen LogP contribution in [-0.4, -0.2) is 166 Å². The molecule has 1 amide bonds. The van der Waals surface area contributed by atoms with Crippen LogP contribution in [0.15, 0.2) is 0 Å². The van der Waals surface area contributed by atoms with Crippen molar-refractivity contribution in [2.45, 2.75) is 111 Å². The molecule has 0 radical (unpaired) electrons. The van der Waals surface area contributed by atoms with Crippen molar-refractivity contribution >= 4 is 35.8 Å². The monoisotopic (exact) mass is 767 g/mol.